The van der Waals surface area contributed by atoms with Gasteiger partial charge in [-0.25, -0.2) is 0 Å². The molecule has 0 radical (unpaired) electrons. The molecule has 0 amide bonds. The van der Waals surface area contributed by atoms with Crippen molar-refractivity contribution in [2.24, 2.45) is 11.3 Å². The van der Waals surface area contributed by atoms with Gasteiger partial charge >= 0.3 is 0 Å². The molecule has 1 fully saturated rings. The molecule has 0 bridgehead atoms. The van der Waals surface area contributed by atoms with Crippen LogP contribution in [0.5, 0.6) is 0 Å². The minimum Gasteiger partial charge on any atom is -0.299 e. The van der Waals surface area contributed by atoms with Crippen LogP contribution in [0.3, 0.4) is 0 Å². The first-order chi connectivity index (χ1) is 4.52. The van der Waals surface area contributed by atoms with Crippen molar-refractivity contribution in [2.45, 2.75) is 40.0 Å². The molecule has 1 aliphatic rings. The number of Topliss-reactive ketones (excluding diaryl/α,β-unsaturated/α-hetero) is 1. The van der Waals surface area contributed by atoms with Crippen LogP contribution < -0.4 is 0 Å². The van der Waals surface area contributed by atoms with E-state index in [2.05, 4.69) is 20.8 Å². The Balaban J connectivity index is 2.61. The zero-order valence-electron chi connectivity index (χ0n) is 7.11. The molecule has 1 heteroatoms. The summed E-state index contributed by atoms with van der Waals surface area (Å²) in [7, 11) is 0. The molecule has 1 atom stereocenters. The number of hydrogen-bond acceptors (Lipinski definition) is 1. The maximum Gasteiger partial charge on any atom is 0.138 e. The van der Waals surface area contributed by atoms with Gasteiger partial charge in [0.15, 0.2) is 0 Å². The second-order valence-corrected chi connectivity index (χ2v) is 4.16. The van der Waals surface area contributed by atoms with Crippen LogP contribution in [-0.2, 0) is 4.79 Å². The maximum atomic E-state index is 11.3. The van der Waals surface area contributed by atoms with E-state index in [1.165, 1.54) is 6.42 Å². The highest BCUT2D eigenvalue weighted by atomic mass is 16.1. The Kier molecular flexibility index (Phi) is 1.84. The van der Waals surface area contributed by atoms with Gasteiger partial charge in [-0.15, -0.1) is 0 Å². The van der Waals surface area contributed by atoms with Gasteiger partial charge in [-0.1, -0.05) is 20.8 Å². The maximum absolute atomic E-state index is 11.3. The van der Waals surface area contributed by atoms with Gasteiger partial charge in [0.1, 0.15) is 5.78 Å². The van der Waals surface area contributed by atoms with Crippen LogP contribution in [0.2, 0.25) is 0 Å². The van der Waals surface area contributed by atoms with Crippen LogP contribution in [0, 0.1) is 11.3 Å². The predicted molar refractivity (Wildman–Crippen MR) is 41.8 cm³/mol. The van der Waals surface area contributed by atoms with Gasteiger partial charge in [0.2, 0.25) is 0 Å². The molecule has 0 spiro atoms. The number of ketones is 1. The number of rotatable bonds is 0. The smallest absolute Gasteiger partial charge is 0.138 e. The van der Waals surface area contributed by atoms with Crippen molar-refractivity contribution in [1.82, 2.24) is 0 Å². The summed E-state index contributed by atoms with van der Waals surface area (Å²) in [5.74, 6) is 1.08. The SMILES string of the molecule is C[C@@H]1CCC(C)(C)C(=O)C1. The van der Waals surface area contributed by atoms with Crippen LogP contribution in [0.4, 0.5) is 0 Å². The van der Waals surface area contributed by atoms with Gasteiger partial charge in [0, 0.05) is 11.8 Å². The first kappa shape index (κ1) is 7.77. The van der Waals surface area contributed by atoms with Crippen molar-refractivity contribution in [2.75, 3.05) is 0 Å². The fraction of sp³-hybridized carbons (Fsp3) is 0.889. The molecule has 1 rings (SSSR count). The van der Waals surface area contributed by atoms with E-state index in [-0.39, 0.29) is 5.41 Å². The van der Waals surface area contributed by atoms with E-state index in [0.717, 1.165) is 12.8 Å². The molecular weight excluding hydrogens is 124 g/mol. The van der Waals surface area contributed by atoms with Gasteiger partial charge in [-0.05, 0) is 18.8 Å². The van der Waals surface area contributed by atoms with E-state index >= 15 is 0 Å². The molecule has 0 aliphatic heterocycles. The van der Waals surface area contributed by atoms with E-state index in [4.69, 9.17) is 0 Å². The van der Waals surface area contributed by atoms with Gasteiger partial charge < -0.3 is 0 Å². The molecule has 10 heavy (non-hydrogen) atoms. The summed E-state index contributed by atoms with van der Waals surface area (Å²) in [5, 5.41) is 0. The topological polar surface area (TPSA) is 17.1 Å². The Labute approximate surface area is 62.8 Å². The average molecular weight is 140 g/mol. The Morgan fingerprint density at radius 2 is 2.10 bits per heavy atom. The first-order valence-corrected chi connectivity index (χ1v) is 4.06. The monoisotopic (exact) mass is 140 g/mol. The first-order valence-electron chi connectivity index (χ1n) is 4.06. The molecule has 0 aromatic rings. The van der Waals surface area contributed by atoms with E-state index in [1.807, 2.05) is 0 Å². The van der Waals surface area contributed by atoms with Crippen LogP contribution >= 0.6 is 0 Å². The van der Waals surface area contributed by atoms with E-state index < -0.39 is 0 Å². The van der Waals surface area contributed by atoms with Crippen molar-refractivity contribution >= 4 is 5.78 Å². The van der Waals surface area contributed by atoms with Gasteiger partial charge in [-0.2, -0.15) is 0 Å². The quantitative estimate of drug-likeness (QED) is 0.505. The zero-order valence-corrected chi connectivity index (χ0v) is 7.11. The lowest BCUT2D eigenvalue weighted by molar-refractivity contribution is -0.130. The number of hydrogen-bond donors (Lipinski definition) is 0. The third-order valence-electron chi connectivity index (χ3n) is 2.55. The fourth-order valence-corrected chi connectivity index (χ4v) is 1.44. The minimum absolute atomic E-state index is 0.0213. The average Bonchev–Trinajstić information content (AvgIpc) is 1.81. The summed E-state index contributed by atoms with van der Waals surface area (Å²) in [5.41, 5.74) is -0.0213. The standard InChI is InChI=1S/C9H16O/c1-7-4-5-9(2,3)8(10)6-7/h7H,4-6H2,1-3H3/t7-/m1/s1. The van der Waals surface area contributed by atoms with Gasteiger partial charge in [0.05, 0.1) is 0 Å². The Morgan fingerprint density at radius 3 is 2.50 bits per heavy atom. The van der Waals surface area contributed by atoms with Crippen LogP contribution in [0.15, 0.2) is 0 Å². The fourth-order valence-electron chi connectivity index (χ4n) is 1.44. The lowest BCUT2D eigenvalue weighted by Crippen LogP contribution is -2.30. The third-order valence-corrected chi connectivity index (χ3v) is 2.55. The second-order valence-electron chi connectivity index (χ2n) is 4.16. The molecule has 0 heterocycles. The molecule has 1 saturated carbocycles. The third kappa shape index (κ3) is 1.39. The molecular formula is C9H16O. The Hall–Kier alpha value is -0.330. The van der Waals surface area contributed by atoms with E-state index in [9.17, 15) is 4.79 Å². The molecule has 0 unspecified atom stereocenters. The molecule has 1 aliphatic carbocycles. The van der Waals surface area contributed by atoms with Crippen LogP contribution in [-0.4, -0.2) is 5.78 Å². The summed E-state index contributed by atoms with van der Waals surface area (Å²) in [6.07, 6.45) is 3.10. The molecule has 0 aromatic heterocycles. The van der Waals surface area contributed by atoms with Crippen molar-refractivity contribution < 1.29 is 4.79 Å². The van der Waals surface area contributed by atoms with Gasteiger partial charge in [-0.3, -0.25) is 4.79 Å². The highest BCUT2D eigenvalue weighted by molar-refractivity contribution is 5.84. The Morgan fingerprint density at radius 1 is 1.50 bits per heavy atom. The lowest BCUT2D eigenvalue weighted by atomic mass is 9.73. The summed E-state index contributed by atoms with van der Waals surface area (Å²) >= 11 is 0. The summed E-state index contributed by atoms with van der Waals surface area (Å²) in [6, 6.07) is 0. The van der Waals surface area contributed by atoms with E-state index in [1.54, 1.807) is 0 Å². The lowest BCUT2D eigenvalue weighted by Gasteiger charge is -2.30. The van der Waals surface area contributed by atoms with Gasteiger partial charge in [0.25, 0.3) is 0 Å². The largest absolute Gasteiger partial charge is 0.299 e. The Bertz CT molecular complexity index is 147. The summed E-state index contributed by atoms with van der Waals surface area (Å²) in [4.78, 5) is 11.3. The normalized spacial score (nSPS) is 32.3. The van der Waals surface area contributed by atoms with Crippen LogP contribution in [0.1, 0.15) is 40.0 Å². The van der Waals surface area contributed by atoms with Crippen molar-refractivity contribution in [3.05, 3.63) is 0 Å². The second kappa shape index (κ2) is 2.37. The zero-order chi connectivity index (χ0) is 7.78. The molecule has 0 aromatic carbocycles. The molecule has 1 nitrogen and oxygen atoms in total. The molecule has 0 N–H and O–H groups in total. The van der Waals surface area contributed by atoms with Crippen molar-refractivity contribution in [3.63, 3.8) is 0 Å². The van der Waals surface area contributed by atoms with E-state index in [0.29, 0.717) is 11.7 Å². The van der Waals surface area contributed by atoms with Crippen molar-refractivity contribution in [3.8, 4) is 0 Å². The summed E-state index contributed by atoms with van der Waals surface area (Å²) in [6.45, 7) is 6.27. The minimum atomic E-state index is -0.0213. The summed E-state index contributed by atoms with van der Waals surface area (Å²) < 4.78 is 0. The molecule has 58 valence electrons. The highest BCUT2D eigenvalue weighted by Gasteiger charge is 2.32. The predicted octanol–water partition coefficient (Wildman–Crippen LogP) is 2.40. The van der Waals surface area contributed by atoms with Crippen molar-refractivity contribution in [1.29, 1.82) is 0 Å². The highest BCUT2D eigenvalue weighted by Crippen LogP contribution is 2.34. The number of carbonyl (C=O) groups excluding carboxylic acids is 1. The number of carbonyl (C=O) groups is 1. The van der Waals surface area contributed by atoms with Crippen LogP contribution in [0.25, 0.3) is 0 Å². The molecule has 0 saturated heterocycles.